The maximum Gasteiger partial charge on any atom is 0.240 e. The Kier molecular flexibility index (Phi) is 3.51. The van der Waals surface area contributed by atoms with Crippen molar-refractivity contribution in [1.82, 2.24) is 0 Å². The number of aliphatic imine (C=N–C) groups is 1. The maximum absolute atomic E-state index is 10.0. The van der Waals surface area contributed by atoms with E-state index in [1.807, 2.05) is 0 Å². The highest BCUT2D eigenvalue weighted by Gasteiger charge is 2.10. The molecule has 0 spiro atoms. The van der Waals surface area contributed by atoms with Gasteiger partial charge in [-0.3, -0.25) is 0 Å². The van der Waals surface area contributed by atoms with Gasteiger partial charge >= 0.3 is 0 Å². The van der Waals surface area contributed by atoms with Crippen molar-refractivity contribution in [3.05, 3.63) is 17.2 Å². The van der Waals surface area contributed by atoms with Gasteiger partial charge in [-0.25, -0.2) is 4.79 Å². The molecule has 0 aliphatic heterocycles. The van der Waals surface area contributed by atoms with Crippen molar-refractivity contribution < 1.29 is 14.3 Å². The molecule has 0 amide bonds. The molecule has 0 heterocycles. The first-order valence-electron chi connectivity index (χ1n) is 3.72. The van der Waals surface area contributed by atoms with Crippen molar-refractivity contribution in [2.24, 2.45) is 4.99 Å². The third-order valence-corrected chi connectivity index (χ3v) is 1.87. The highest BCUT2D eigenvalue weighted by atomic mass is 35.5. The summed E-state index contributed by atoms with van der Waals surface area (Å²) in [6.45, 7) is 0. The van der Waals surface area contributed by atoms with Gasteiger partial charge in [0.15, 0.2) is 11.5 Å². The number of methoxy groups -OCH3 is 2. The zero-order valence-electron chi connectivity index (χ0n) is 7.70. The Hall–Kier alpha value is -1.51. The molecule has 0 N–H and O–H groups in total. The second-order valence-corrected chi connectivity index (χ2v) is 2.77. The molecule has 0 saturated heterocycles. The van der Waals surface area contributed by atoms with Crippen LogP contribution in [0.15, 0.2) is 17.1 Å². The third kappa shape index (κ3) is 2.05. The lowest BCUT2D eigenvalue weighted by molar-refractivity contribution is 0.355. The van der Waals surface area contributed by atoms with Gasteiger partial charge in [0.25, 0.3) is 0 Å². The number of ether oxygens (including phenoxy) is 2. The van der Waals surface area contributed by atoms with Gasteiger partial charge in [0.05, 0.1) is 24.9 Å². The lowest BCUT2D eigenvalue weighted by atomic mass is 10.3. The first-order valence-corrected chi connectivity index (χ1v) is 4.10. The number of carbonyl (C=O) groups excluding carboxylic acids is 1. The maximum atomic E-state index is 10.0. The molecule has 5 heteroatoms. The Morgan fingerprint density at radius 3 is 2.57 bits per heavy atom. The van der Waals surface area contributed by atoms with E-state index in [0.717, 1.165) is 0 Å². The summed E-state index contributed by atoms with van der Waals surface area (Å²) in [5.41, 5.74) is 0.377. The zero-order valence-corrected chi connectivity index (χ0v) is 8.46. The summed E-state index contributed by atoms with van der Waals surface area (Å²) >= 11 is 5.85. The topological polar surface area (TPSA) is 47.9 Å². The zero-order chi connectivity index (χ0) is 10.6. The van der Waals surface area contributed by atoms with E-state index in [9.17, 15) is 4.79 Å². The van der Waals surface area contributed by atoms with Gasteiger partial charge < -0.3 is 9.47 Å². The molecule has 1 rings (SSSR count). The van der Waals surface area contributed by atoms with Crippen LogP contribution < -0.4 is 9.47 Å². The van der Waals surface area contributed by atoms with Gasteiger partial charge in [-0.05, 0) is 6.07 Å². The van der Waals surface area contributed by atoms with Crippen LogP contribution in [-0.2, 0) is 4.79 Å². The van der Waals surface area contributed by atoms with E-state index in [0.29, 0.717) is 22.2 Å². The third-order valence-electron chi connectivity index (χ3n) is 1.59. The molecule has 0 aliphatic carbocycles. The van der Waals surface area contributed by atoms with Gasteiger partial charge in [-0.15, -0.1) is 0 Å². The quantitative estimate of drug-likeness (QED) is 0.572. The van der Waals surface area contributed by atoms with Gasteiger partial charge in [0.1, 0.15) is 0 Å². The molecule has 0 radical (unpaired) electrons. The smallest absolute Gasteiger partial charge is 0.240 e. The lowest BCUT2D eigenvalue weighted by Crippen LogP contribution is -1.90. The molecular formula is C9H8ClNO3. The first-order chi connectivity index (χ1) is 6.72. The summed E-state index contributed by atoms with van der Waals surface area (Å²) in [6.07, 6.45) is 1.42. The van der Waals surface area contributed by atoms with Crippen LogP contribution in [0.4, 0.5) is 5.69 Å². The minimum Gasteiger partial charge on any atom is -0.493 e. The van der Waals surface area contributed by atoms with Crippen LogP contribution in [0.3, 0.4) is 0 Å². The molecule has 14 heavy (non-hydrogen) atoms. The SMILES string of the molecule is COc1cc(N=C=O)cc(Cl)c1OC. The van der Waals surface area contributed by atoms with Crippen molar-refractivity contribution in [3.63, 3.8) is 0 Å². The predicted molar refractivity (Wildman–Crippen MR) is 52.3 cm³/mol. The average molecular weight is 214 g/mol. The van der Waals surface area contributed by atoms with Gasteiger partial charge in [-0.1, -0.05) is 11.6 Å². The van der Waals surface area contributed by atoms with Crippen molar-refractivity contribution >= 4 is 23.4 Å². The van der Waals surface area contributed by atoms with Crippen LogP contribution in [0.5, 0.6) is 11.5 Å². The van der Waals surface area contributed by atoms with E-state index in [2.05, 4.69) is 4.99 Å². The number of benzene rings is 1. The van der Waals surface area contributed by atoms with E-state index in [-0.39, 0.29) is 0 Å². The molecule has 0 aromatic heterocycles. The van der Waals surface area contributed by atoms with Crippen LogP contribution in [0, 0.1) is 0 Å². The predicted octanol–water partition coefficient (Wildman–Crippen LogP) is 2.32. The number of isocyanates is 1. The summed E-state index contributed by atoms with van der Waals surface area (Å²) in [6, 6.07) is 3.03. The average Bonchev–Trinajstić information content (AvgIpc) is 2.17. The Bertz CT molecular complexity index is 386. The summed E-state index contributed by atoms with van der Waals surface area (Å²) in [4.78, 5) is 13.5. The van der Waals surface area contributed by atoms with Crippen LogP contribution in [0.25, 0.3) is 0 Å². The minimum absolute atomic E-state index is 0.334. The molecule has 0 saturated carbocycles. The number of hydrogen-bond acceptors (Lipinski definition) is 4. The normalized spacial score (nSPS) is 9.07. The Morgan fingerprint density at radius 1 is 1.36 bits per heavy atom. The molecule has 1 aromatic rings. The Labute approximate surface area is 86.1 Å². The van der Waals surface area contributed by atoms with Crippen molar-refractivity contribution in [2.75, 3.05) is 14.2 Å². The van der Waals surface area contributed by atoms with Crippen LogP contribution in [0.2, 0.25) is 5.02 Å². The van der Waals surface area contributed by atoms with Gasteiger partial charge in [0.2, 0.25) is 6.08 Å². The molecule has 0 aliphatic rings. The van der Waals surface area contributed by atoms with Crippen LogP contribution >= 0.6 is 11.6 Å². The van der Waals surface area contributed by atoms with Gasteiger partial charge in [0, 0.05) is 6.07 Å². The van der Waals surface area contributed by atoms with E-state index in [1.54, 1.807) is 0 Å². The number of nitrogens with zero attached hydrogens (tertiary/aromatic N) is 1. The Morgan fingerprint density at radius 2 is 2.07 bits per heavy atom. The standard InChI is InChI=1S/C9H8ClNO3/c1-13-8-4-6(11-5-12)3-7(10)9(8)14-2/h3-4H,1-2H3. The van der Waals surface area contributed by atoms with Crippen LogP contribution in [-0.4, -0.2) is 20.3 Å². The fraction of sp³-hybridized carbons (Fsp3) is 0.222. The fourth-order valence-electron chi connectivity index (χ4n) is 1.02. The number of halogens is 1. The minimum atomic E-state index is 0.334. The first kappa shape index (κ1) is 10.6. The largest absolute Gasteiger partial charge is 0.493 e. The van der Waals surface area contributed by atoms with Gasteiger partial charge in [-0.2, -0.15) is 4.99 Å². The van der Waals surface area contributed by atoms with Crippen LogP contribution in [0.1, 0.15) is 0 Å². The molecule has 0 unspecified atom stereocenters. The van der Waals surface area contributed by atoms with E-state index in [4.69, 9.17) is 21.1 Å². The number of rotatable bonds is 3. The molecule has 0 atom stereocenters. The molecule has 0 bridgehead atoms. The van der Waals surface area contributed by atoms with E-state index >= 15 is 0 Å². The summed E-state index contributed by atoms with van der Waals surface area (Å²) < 4.78 is 10.0. The lowest BCUT2D eigenvalue weighted by Gasteiger charge is -2.09. The molecular weight excluding hydrogens is 206 g/mol. The van der Waals surface area contributed by atoms with E-state index < -0.39 is 0 Å². The highest BCUT2D eigenvalue weighted by molar-refractivity contribution is 6.32. The molecule has 74 valence electrons. The molecule has 1 aromatic carbocycles. The second kappa shape index (κ2) is 4.65. The van der Waals surface area contributed by atoms with Crippen molar-refractivity contribution in [2.45, 2.75) is 0 Å². The summed E-state index contributed by atoms with van der Waals surface area (Å²) in [5.74, 6) is 0.841. The fourth-order valence-corrected chi connectivity index (χ4v) is 1.30. The second-order valence-electron chi connectivity index (χ2n) is 2.37. The highest BCUT2D eigenvalue weighted by Crippen LogP contribution is 2.38. The Balaban J connectivity index is 3.30. The molecule has 0 fully saturated rings. The molecule has 4 nitrogen and oxygen atoms in total. The number of hydrogen-bond donors (Lipinski definition) is 0. The summed E-state index contributed by atoms with van der Waals surface area (Å²) in [5, 5.41) is 0.334. The van der Waals surface area contributed by atoms with Crippen molar-refractivity contribution in [3.8, 4) is 11.5 Å². The monoisotopic (exact) mass is 213 g/mol. The van der Waals surface area contributed by atoms with E-state index in [1.165, 1.54) is 32.4 Å². The summed E-state index contributed by atoms with van der Waals surface area (Å²) in [7, 11) is 2.95. The van der Waals surface area contributed by atoms with Crippen molar-refractivity contribution in [1.29, 1.82) is 0 Å².